The van der Waals surface area contributed by atoms with Crippen molar-refractivity contribution in [3.8, 4) is 0 Å². The lowest BCUT2D eigenvalue weighted by molar-refractivity contribution is -0.122. The highest BCUT2D eigenvalue weighted by atomic mass is 16.2. The van der Waals surface area contributed by atoms with E-state index in [1.165, 1.54) is 12.4 Å². The van der Waals surface area contributed by atoms with Crippen LogP contribution in [-0.4, -0.2) is 48.6 Å². The number of piperazine rings is 1. The summed E-state index contributed by atoms with van der Waals surface area (Å²) in [6.45, 7) is 1.82. The molecule has 17 heavy (non-hydrogen) atoms. The Bertz CT molecular complexity index is 458. The molecule has 0 bridgehead atoms. The van der Waals surface area contributed by atoms with Crippen molar-refractivity contribution >= 4 is 11.7 Å². The van der Waals surface area contributed by atoms with Gasteiger partial charge < -0.3 is 20.5 Å². The van der Waals surface area contributed by atoms with Gasteiger partial charge in [-0.05, 0) is 0 Å². The van der Waals surface area contributed by atoms with Crippen LogP contribution in [0.3, 0.4) is 0 Å². The Kier molecular flexibility index (Phi) is 3.38. The van der Waals surface area contributed by atoms with Crippen LogP contribution in [-0.2, 0) is 4.79 Å². The third-order valence-corrected chi connectivity index (χ3v) is 2.75. The van der Waals surface area contributed by atoms with E-state index in [4.69, 9.17) is 0 Å². The molecule has 2 rings (SSSR count). The van der Waals surface area contributed by atoms with Crippen LogP contribution in [0.15, 0.2) is 17.2 Å². The van der Waals surface area contributed by atoms with Gasteiger partial charge in [0, 0.05) is 39.1 Å². The minimum absolute atomic E-state index is 0.123. The predicted octanol–water partition coefficient (Wildman–Crippen LogP) is -1.71. The summed E-state index contributed by atoms with van der Waals surface area (Å²) >= 11 is 0. The molecule has 3 N–H and O–H groups in total. The van der Waals surface area contributed by atoms with Crippen molar-refractivity contribution in [1.29, 1.82) is 0 Å². The number of anilines is 1. The fraction of sp³-hybridized carbons (Fsp3) is 0.500. The third-order valence-electron chi connectivity index (χ3n) is 2.75. The molecule has 1 aromatic heterocycles. The molecule has 1 atom stereocenters. The van der Waals surface area contributed by atoms with Gasteiger partial charge in [-0.3, -0.25) is 9.59 Å². The first-order valence-corrected chi connectivity index (χ1v) is 5.46. The lowest BCUT2D eigenvalue weighted by atomic mass is 10.2. The molecule has 7 heteroatoms. The second-order valence-corrected chi connectivity index (χ2v) is 3.77. The number of likely N-dealkylation sites (N-methyl/N-ethyl adjacent to an activating group) is 1. The second kappa shape index (κ2) is 4.96. The Balaban J connectivity index is 2.31. The molecule has 0 spiro atoms. The molecule has 0 radical (unpaired) electrons. The monoisotopic (exact) mass is 237 g/mol. The Morgan fingerprint density at radius 1 is 1.65 bits per heavy atom. The average molecular weight is 237 g/mol. The lowest BCUT2D eigenvalue weighted by Crippen LogP contribution is -2.58. The standard InChI is InChI=1S/C10H15N5O2/c1-11-9(16)7-6-12-4-5-15(7)8-10(17)14-3-2-13-8/h2-3,7,12H,4-6H2,1H3,(H,11,16)(H,14,17). The first-order chi connectivity index (χ1) is 8.24. The Hall–Kier alpha value is -1.89. The maximum absolute atomic E-state index is 11.7. The van der Waals surface area contributed by atoms with Crippen LogP contribution >= 0.6 is 0 Å². The number of carbonyl (C=O) groups excluding carboxylic acids is 1. The Morgan fingerprint density at radius 2 is 2.47 bits per heavy atom. The molecular weight excluding hydrogens is 222 g/mol. The number of carbonyl (C=O) groups is 1. The van der Waals surface area contributed by atoms with Crippen LogP contribution in [0.4, 0.5) is 5.82 Å². The highest BCUT2D eigenvalue weighted by Crippen LogP contribution is 2.10. The molecular formula is C10H15N5O2. The van der Waals surface area contributed by atoms with Gasteiger partial charge in [0.05, 0.1) is 0 Å². The van der Waals surface area contributed by atoms with E-state index in [1.807, 2.05) is 0 Å². The number of H-pyrrole nitrogens is 1. The average Bonchev–Trinajstić information content (AvgIpc) is 2.38. The van der Waals surface area contributed by atoms with E-state index in [1.54, 1.807) is 11.9 Å². The van der Waals surface area contributed by atoms with E-state index in [0.29, 0.717) is 18.9 Å². The van der Waals surface area contributed by atoms with E-state index >= 15 is 0 Å². The van der Waals surface area contributed by atoms with Gasteiger partial charge in [0.2, 0.25) is 5.91 Å². The number of hydrogen-bond donors (Lipinski definition) is 3. The van der Waals surface area contributed by atoms with Gasteiger partial charge in [-0.2, -0.15) is 0 Å². The molecule has 0 aliphatic carbocycles. The maximum atomic E-state index is 11.7. The van der Waals surface area contributed by atoms with Crippen molar-refractivity contribution in [2.75, 3.05) is 31.6 Å². The summed E-state index contributed by atoms with van der Waals surface area (Å²) in [7, 11) is 1.58. The van der Waals surface area contributed by atoms with Gasteiger partial charge in [-0.25, -0.2) is 4.98 Å². The molecule has 1 aromatic rings. The molecule has 0 aromatic carbocycles. The summed E-state index contributed by atoms with van der Waals surface area (Å²) in [5.41, 5.74) is -0.275. The molecule has 1 amide bonds. The Morgan fingerprint density at radius 3 is 3.18 bits per heavy atom. The third kappa shape index (κ3) is 2.28. The van der Waals surface area contributed by atoms with Crippen LogP contribution in [0.5, 0.6) is 0 Å². The number of rotatable bonds is 2. The smallest absolute Gasteiger partial charge is 0.290 e. The first-order valence-electron chi connectivity index (χ1n) is 5.46. The molecule has 1 fully saturated rings. The fourth-order valence-corrected chi connectivity index (χ4v) is 1.91. The molecule has 1 aliphatic rings. The molecule has 1 saturated heterocycles. The quantitative estimate of drug-likeness (QED) is 0.570. The highest BCUT2D eigenvalue weighted by Gasteiger charge is 2.30. The minimum atomic E-state index is -0.398. The van der Waals surface area contributed by atoms with Crippen LogP contribution in [0.25, 0.3) is 0 Å². The van der Waals surface area contributed by atoms with Crippen LogP contribution in [0.1, 0.15) is 0 Å². The van der Waals surface area contributed by atoms with Crippen molar-refractivity contribution in [2.45, 2.75) is 6.04 Å². The van der Waals surface area contributed by atoms with Crippen LogP contribution in [0.2, 0.25) is 0 Å². The normalized spacial score (nSPS) is 20.1. The summed E-state index contributed by atoms with van der Waals surface area (Å²) in [6.07, 6.45) is 2.99. The largest absolute Gasteiger partial charge is 0.357 e. The van der Waals surface area contributed by atoms with E-state index in [-0.39, 0.29) is 11.5 Å². The minimum Gasteiger partial charge on any atom is -0.357 e. The summed E-state index contributed by atoms with van der Waals surface area (Å²) in [6, 6.07) is -0.398. The van der Waals surface area contributed by atoms with Gasteiger partial charge in [0.15, 0.2) is 5.82 Å². The summed E-state index contributed by atoms with van der Waals surface area (Å²) < 4.78 is 0. The summed E-state index contributed by atoms with van der Waals surface area (Å²) in [4.78, 5) is 31.7. The van der Waals surface area contributed by atoms with E-state index in [2.05, 4.69) is 20.6 Å². The SMILES string of the molecule is CNC(=O)C1CNCCN1c1ncc[nH]c1=O. The van der Waals surface area contributed by atoms with Crippen LogP contribution in [0, 0.1) is 0 Å². The number of nitrogens with zero attached hydrogens (tertiary/aromatic N) is 2. The number of nitrogens with one attached hydrogen (secondary N) is 3. The number of amides is 1. The zero-order chi connectivity index (χ0) is 12.3. The molecule has 0 saturated carbocycles. The highest BCUT2D eigenvalue weighted by molar-refractivity contribution is 5.85. The van der Waals surface area contributed by atoms with Crippen molar-refractivity contribution in [2.24, 2.45) is 0 Å². The van der Waals surface area contributed by atoms with E-state index in [9.17, 15) is 9.59 Å². The van der Waals surface area contributed by atoms with Gasteiger partial charge >= 0.3 is 0 Å². The lowest BCUT2D eigenvalue weighted by Gasteiger charge is -2.34. The second-order valence-electron chi connectivity index (χ2n) is 3.77. The maximum Gasteiger partial charge on any atom is 0.290 e. The summed E-state index contributed by atoms with van der Waals surface area (Å²) in [5, 5.41) is 5.72. The molecule has 2 heterocycles. The number of aromatic amines is 1. The van der Waals surface area contributed by atoms with Gasteiger partial charge in [-0.15, -0.1) is 0 Å². The van der Waals surface area contributed by atoms with E-state index in [0.717, 1.165) is 6.54 Å². The molecule has 92 valence electrons. The van der Waals surface area contributed by atoms with Crippen molar-refractivity contribution in [1.82, 2.24) is 20.6 Å². The first kappa shape index (κ1) is 11.6. The van der Waals surface area contributed by atoms with Gasteiger partial charge in [0.1, 0.15) is 6.04 Å². The van der Waals surface area contributed by atoms with Crippen molar-refractivity contribution in [3.63, 3.8) is 0 Å². The predicted molar refractivity (Wildman–Crippen MR) is 62.9 cm³/mol. The number of aromatic nitrogens is 2. The molecule has 1 aliphatic heterocycles. The summed E-state index contributed by atoms with van der Waals surface area (Å²) in [5.74, 6) is 0.171. The van der Waals surface area contributed by atoms with Crippen molar-refractivity contribution in [3.05, 3.63) is 22.7 Å². The zero-order valence-electron chi connectivity index (χ0n) is 9.56. The Labute approximate surface area is 98.2 Å². The topological polar surface area (TPSA) is 90.1 Å². The van der Waals surface area contributed by atoms with E-state index < -0.39 is 6.04 Å². The fourth-order valence-electron chi connectivity index (χ4n) is 1.91. The van der Waals surface area contributed by atoms with Crippen LogP contribution < -0.4 is 21.1 Å². The molecule has 1 unspecified atom stereocenters. The van der Waals surface area contributed by atoms with Gasteiger partial charge in [-0.1, -0.05) is 0 Å². The van der Waals surface area contributed by atoms with Crippen molar-refractivity contribution < 1.29 is 4.79 Å². The zero-order valence-corrected chi connectivity index (χ0v) is 9.56. The van der Waals surface area contributed by atoms with Gasteiger partial charge in [0.25, 0.3) is 5.56 Å². The molecule has 7 nitrogen and oxygen atoms in total. The number of hydrogen-bond acceptors (Lipinski definition) is 5.